The Bertz CT molecular complexity index is 1080. The van der Waals surface area contributed by atoms with Gasteiger partial charge in [0.2, 0.25) is 10.0 Å². The van der Waals surface area contributed by atoms with E-state index in [0.29, 0.717) is 11.7 Å². The SMILES string of the molecule is CCN1CC[C@H](C)[C@@H](Nc2nnc(-c3ccc(C(F)(F)F)cc3NS(C)(=O)=O)cc2C)C1. The van der Waals surface area contributed by atoms with Crippen LogP contribution in [0.25, 0.3) is 11.3 Å². The van der Waals surface area contributed by atoms with E-state index in [9.17, 15) is 21.6 Å². The summed E-state index contributed by atoms with van der Waals surface area (Å²) in [4.78, 5) is 2.36. The molecule has 2 atom stereocenters. The van der Waals surface area contributed by atoms with E-state index in [0.717, 1.165) is 50.0 Å². The number of sulfonamides is 1. The molecule has 2 aromatic rings. The molecule has 0 unspecified atom stereocenters. The van der Waals surface area contributed by atoms with E-state index in [1.165, 1.54) is 6.07 Å². The molecular formula is C21H28F3N5O2S. The number of aromatic nitrogens is 2. The molecule has 176 valence electrons. The molecule has 2 heterocycles. The van der Waals surface area contributed by atoms with Crippen molar-refractivity contribution in [2.24, 2.45) is 5.92 Å². The molecular weight excluding hydrogens is 443 g/mol. The quantitative estimate of drug-likeness (QED) is 0.663. The van der Waals surface area contributed by atoms with Gasteiger partial charge in [0.05, 0.1) is 23.2 Å². The number of nitrogens with one attached hydrogen (secondary N) is 2. The van der Waals surface area contributed by atoms with Crippen molar-refractivity contribution >= 4 is 21.5 Å². The zero-order valence-corrected chi connectivity index (χ0v) is 19.3. The Labute approximate surface area is 186 Å². The highest BCUT2D eigenvalue weighted by molar-refractivity contribution is 7.92. The van der Waals surface area contributed by atoms with Crippen molar-refractivity contribution in [1.29, 1.82) is 0 Å². The summed E-state index contributed by atoms with van der Waals surface area (Å²) in [5.74, 6) is 1.06. The summed E-state index contributed by atoms with van der Waals surface area (Å²) in [5, 5.41) is 11.9. The number of rotatable bonds is 6. The molecule has 1 saturated heterocycles. The Hall–Kier alpha value is -2.40. The number of likely N-dealkylation sites (N-methyl/N-ethyl adjacent to an activating group) is 1. The topological polar surface area (TPSA) is 87.2 Å². The summed E-state index contributed by atoms with van der Waals surface area (Å²) in [7, 11) is -3.80. The maximum Gasteiger partial charge on any atom is 0.416 e. The van der Waals surface area contributed by atoms with Crippen LogP contribution in [0, 0.1) is 12.8 Å². The van der Waals surface area contributed by atoms with Gasteiger partial charge >= 0.3 is 6.18 Å². The third kappa shape index (κ3) is 5.89. The fourth-order valence-electron chi connectivity index (χ4n) is 3.77. The van der Waals surface area contributed by atoms with Crippen LogP contribution in [-0.2, 0) is 16.2 Å². The number of benzene rings is 1. The molecule has 3 rings (SSSR count). The van der Waals surface area contributed by atoms with E-state index in [-0.39, 0.29) is 23.0 Å². The van der Waals surface area contributed by atoms with Gasteiger partial charge in [-0.05, 0) is 56.1 Å². The van der Waals surface area contributed by atoms with Crippen LogP contribution in [0.1, 0.15) is 31.4 Å². The van der Waals surface area contributed by atoms with Crippen molar-refractivity contribution in [3.63, 3.8) is 0 Å². The molecule has 0 amide bonds. The van der Waals surface area contributed by atoms with Crippen LogP contribution < -0.4 is 10.0 Å². The van der Waals surface area contributed by atoms with Crippen molar-refractivity contribution in [3.8, 4) is 11.3 Å². The Morgan fingerprint density at radius 1 is 1.22 bits per heavy atom. The van der Waals surface area contributed by atoms with Crippen LogP contribution in [0.15, 0.2) is 24.3 Å². The maximum atomic E-state index is 13.1. The van der Waals surface area contributed by atoms with Crippen LogP contribution in [0.3, 0.4) is 0 Å². The first-order valence-electron chi connectivity index (χ1n) is 10.4. The van der Waals surface area contributed by atoms with Crippen LogP contribution >= 0.6 is 0 Å². The standard InChI is InChI=1S/C21H28F3N5O2S/c1-5-29-9-8-13(2)19(12-29)25-20-14(3)10-17(26-27-20)16-7-6-15(21(22,23)24)11-18(16)28-32(4,30)31/h6-7,10-11,13,19,28H,5,8-9,12H2,1-4H3,(H,25,27)/t13-,19-/m0/s1. The van der Waals surface area contributed by atoms with Gasteiger partial charge < -0.3 is 10.2 Å². The molecule has 0 aliphatic carbocycles. The largest absolute Gasteiger partial charge is 0.416 e. The first-order chi connectivity index (χ1) is 14.9. The van der Waals surface area contributed by atoms with Gasteiger partial charge in [-0.2, -0.15) is 13.2 Å². The van der Waals surface area contributed by atoms with Crippen molar-refractivity contribution in [3.05, 3.63) is 35.4 Å². The molecule has 1 aliphatic heterocycles. The van der Waals surface area contributed by atoms with Gasteiger partial charge in [-0.15, -0.1) is 10.2 Å². The fourth-order valence-corrected chi connectivity index (χ4v) is 4.34. The number of aryl methyl sites for hydroxylation is 1. The molecule has 1 aromatic carbocycles. The maximum absolute atomic E-state index is 13.1. The molecule has 0 spiro atoms. The average molecular weight is 472 g/mol. The number of likely N-dealkylation sites (tertiary alicyclic amines) is 1. The van der Waals surface area contributed by atoms with Gasteiger partial charge in [0, 0.05) is 18.2 Å². The minimum Gasteiger partial charge on any atom is -0.364 e. The number of halogens is 3. The summed E-state index contributed by atoms with van der Waals surface area (Å²) in [6, 6.07) is 4.76. The highest BCUT2D eigenvalue weighted by Crippen LogP contribution is 2.36. The van der Waals surface area contributed by atoms with Gasteiger partial charge in [0.15, 0.2) is 5.82 Å². The Morgan fingerprint density at radius 2 is 1.94 bits per heavy atom. The lowest BCUT2D eigenvalue weighted by molar-refractivity contribution is -0.137. The first-order valence-corrected chi connectivity index (χ1v) is 12.3. The molecule has 7 nitrogen and oxygen atoms in total. The minimum atomic E-state index is -4.61. The highest BCUT2D eigenvalue weighted by Gasteiger charge is 2.32. The van der Waals surface area contributed by atoms with Gasteiger partial charge in [0.1, 0.15) is 0 Å². The van der Waals surface area contributed by atoms with E-state index >= 15 is 0 Å². The predicted molar refractivity (Wildman–Crippen MR) is 119 cm³/mol. The molecule has 0 bridgehead atoms. The molecule has 32 heavy (non-hydrogen) atoms. The second-order valence-electron chi connectivity index (χ2n) is 8.30. The second kappa shape index (κ2) is 9.22. The smallest absolute Gasteiger partial charge is 0.364 e. The number of piperidine rings is 1. The van der Waals surface area contributed by atoms with Crippen LogP contribution in [-0.4, -0.2) is 55.4 Å². The first kappa shape index (κ1) is 24.2. The zero-order valence-electron chi connectivity index (χ0n) is 18.5. The lowest BCUT2D eigenvalue weighted by Gasteiger charge is -2.37. The zero-order chi connectivity index (χ0) is 23.7. The van der Waals surface area contributed by atoms with Crippen LogP contribution in [0.4, 0.5) is 24.7 Å². The van der Waals surface area contributed by atoms with Crippen molar-refractivity contribution in [2.45, 2.75) is 39.4 Å². The Balaban J connectivity index is 1.92. The third-order valence-electron chi connectivity index (χ3n) is 5.71. The van der Waals surface area contributed by atoms with E-state index in [2.05, 4.69) is 39.0 Å². The van der Waals surface area contributed by atoms with Gasteiger partial charge in [-0.25, -0.2) is 8.42 Å². The van der Waals surface area contributed by atoms with E-state index in [1.54, 1.807) is 6.07 Å². The number of anilines is 2. The Kier molecular flexibility index (Phi) is 6.99. The summed E-state index contributed by atoms with van der Waals surface area (Å²) in [6.45, 7) is 9.06. The summed E-state index contributed by atoms with van der Waals surface area (Å²) < 4.78 is 65.0. The van der Waals surface area contributed by atoms with Crippen LogP contribution in [0.5, 0.6) is 0 Å². The normalized spacial score (nSPS) is 20.2. The lowest BCUT2D eigenvalue weighted by Crippen LogP contribution is -2.46. The van der Waals surface area contributed by atoms with Crippen LogP contribution in [0.2, 0.25) is 0 Å². The average Bonchev–Trinajstić information content (AvgIpc) is 2.69. The van der Waals surface area contributed by atoms with Crippen molar-refractivity contribution in [2.75, 3.05) is 35.9 Å². The van der Waals surface area contributed by atoms with Crippen molar-refractivity contribution in [1.82, 2.24) is 15.1 Å². The molecule has 0 radical (unpaired) electrons. The third-order valence-corrected chi connectivity index (χ3v) is 6.31. The lowest BCUT2D eigenvalue weighted by atomic mass is 9.93. The van der Waals surface area contributed by atoms with E-state index in [1.807, 2.05) is 6.92 Å². The predicted octanol–water partition coefficient (Wildman–Crippen LogP) is 3.98. The molecule has 2 N–H and O–H groups in total. The minimum absolute atomic E-state index is 0.198. The number of hydrogen-bond acceptors (Lipinski definition) is 6. The van der Waals surface area contributed by atoms with Gasteiger partial charge in [0.25, 0.3) is 0 Å². The van der Waals surface area contributed by atoms with E-state index < -0.39 is 21.8 Å². The molecule has 1 fully saturated rings. The van der Waals surface area contributed by atoms with Gasteiger partial charge in [-0.3, -0.25) is 4.72 Å². The number of hydrogen-bond donors (Lipinski definition) is 2. The van der Waals surface area contributed by atoms with E-state index in [4.69, 9.17) is 0 Å². The molecule has 1 aromatic heterocycles. The monoisotopic (exact) mass is 471 g/mol. The highest BCUT2D eigenvalue weighted by atomic mass is 32.2. The molecule has 0 saturated carbocycles. The number of alkyl halides is 3. The number of nitrogens with zero attached hydrogens (tertiary/aromatic N) is 3. The Morgan fingerprint density at radius 3 is 2.53 bits per heavy atom. The van der Waals surface area contributed by atoms with Gasteiger partial charge in [-0.1, -0.05) is 19.9 Å². The van der Waals surface area contributed by atoms with Crippen molar-refractivity contribution < 1.29 is 21.6 Å². The second-order valence-corrected chi connectivity index (χ2v) is 10.1. The summed E-state index contributed by atoms with van der Waals surface area (Å²) in [5.41, 5.74) is 0.105. The fraction of sp³-hybridized carbons (Fsp3) is 0.524. The summed E-state index contributed by atoms with van der Waals surface area (Å²) in [6.07, 6.45) is -2.65. The molecule has 1 aliphatic rings. The summed E-state index contributed by atoms with van der Waals surface area (Å²) >= 11 is 0. The molecule has 11 heteroatoms.